The Morgan fingerprint density at radius 3 is 2.30 bits per heavy atom. The second-order valence-electron chi connectivity index (χ2n) is 8.82. The molecule has 9 N–H and O–H groups in total. The van der Waals surface area contributed by atoms with Crippen LogP contribution in [0.4, 0.5) is 5.69 Å². The van der Waals surface area contributed by atoms with Gasteiger partial charge in [-0.3, -0.25) is 14.4 Å². The van der Waals surface area contributed by atoms with Gasteiger partial charge in [-0.1, -0.05) is 42.5 Å². The number of nitrogens with two attached hydrogens (primary N) is 3. The number of carbonyl (C=O) groups is 3. The molecule has 3 aromatic rings. The van der Waals surface area contributed by atoms with Crippen molar-refractivity contribution in [1.29, 1.82) is 0 Å². The molecule has 0 spiro atoms. The van der Waals surface area contributed by atoms with Gasteiger partial charge in [0.1, 0.15) is 11.7 Å². The van der Waals surface area contributed by atoms with Crippen LogP contribution in [-0.2, 0) is 20.8 Å². The standard InChI is InChI=1S/C27H35N7O3/c28-12-14-34(15-13-29)25(35)17-22(30)26(36)33-24(11-10-19-6-2-1-3-7-19)27(37)32-21-16-20-8-4-5-9-23(20)31-18-21/h1-9,16,18,22,24H,10-15,17,28-30H2,(H,32,37)(H,33,36)/p+1/t22-,24-/m1/s1. The second-order valence-corrected chi connectivity index (χ2v) is 8.82. The topological polar surface area (TPSA) is 171 Å². The van der Waals surface area contributed by atoms with E-state index in [0.29, 0.717) is 31.6 Å². The van der Waals surface area contributed by atoms with Crippen LogP contribution in [0.3, 0.4) is 0 Å². The lowest BCUT2D eigenvalue weighted by atomic mass is 10.0. The van der Waals surface area contributed by atoms with Crippen LogP contribution in [0.15, 0.2) is 66.9 Å². The highest BCUT2D eigenvalue weighted by Crippen LogP contribution is 2.15. The van der Waals surface area contributed by atoms with E-state index in [1.54, 1.807) is 6.20 Å². The number of pyridine rings is 1. The van der Waals surface area contributed by atoms with Crippen LogP contribution in [0.5, 0.6) is 0 Å². The quantitative estimate of drug-likeness (QED) is 0.221. The number of hydrogen-bond donors (Lipinski definition) is 5. The Kier molecular flexibility index (Phi) is 10.5. The van der Waals surface area contributed by atoms with Gasteiger partial charge in [-0.2, -0.15) is 0 Å². The summed E-state index contributed by atoms with van der Waals surface area (Å²) in [4.78, 5) is 43.4. The number of benzene rings is 2. The minimum absolute atomic E-state index is 0.210. The fourth-order valence-electron chi connectivity index (χ4n) is 4.01. The maximum atomic E-state index is 13.2. The maximum Gasteiger partial charge on any atom is 0.247 e. The molecule has 0 bridgehead atoms. The van der Waals surface area contributed by atoms with Crippen LogP contribution >= 0.6 is 0 Å². The van der Waals surface area contributed by atoms with Gasteiger partial charge in [0, 0.05) is 37.6 Å². The molecule has 2 aromatic carbocycles. The number of anilines is 1. The number of H-pyrrole nitrogens is 1. The molecule has 0 saturated heterocycles. The van der Waals surface area contributed by atoms with E-state index in [0.717, 1.165) is 16.5 Å². The fourth-order valence-corrected chi connectivity index (χ4v) is 4.01. The van der Waals surface area contributed by atoms with Gasteiger partial charge < -0.3 is 32.7 Å². The molecule has 0 unspecified atom stereocenters. The number of nitrogens with one attached hydrogen (secondary N) is 3. The van der Waals surface area contributed by atoms with Gasteiger partial charge in [-0.05, 0) is 30.5 Å². The van der Waals surface area contributed by atoms with Crippen molar-refractivity contribution in [2.24, 2.45) is 17.2 Å². The number of amides is 3. The normalized spacial score (nSPS) is 12.5. The van der Waals surface area contributed by atoms with Crippen LogP contribution in [0.1, 0.15) is 18.4 Å². The van der Waals surface area contributed by atoms with Gasteiger partial charge in [0.15, 0.2) is 6.20 Å². The van der Waals surface area contributed by atoms with Crippen molar-refractivity contribution in [3.63, 3.8) is 0 Å². The Bertz CT molecular complexity index is 1180. The van der Waals surface area contributed by atoms with E-state index in [4.69, 9.17) is 17.2 Å². The van der Waals surface area contributed by atoms with Crippen molar-refractivity contribution in [2.75, 3.05) is 31.5 Å². The number of nitrogens with zero attached hydrogens (tertiary/aromatic N) is 1. The highest BCUT2D eigenvalue weighted by molar-refractivity contribution is 5.99. The molecule has 0 saturated carbocycles. The molecule has 0 fully saturated rings. The highest BCUT2D eigenvalue weighted by atomic mass is 16.2. The summed E-state index contributed by atoms with van der Waals surface area (Å²) in [7, 11) is 0. The summed E-state index contributed by atoms with van der Waals surface area (Å²) in [5.41, 5.74) is 19.7. The number of fused-ring (bicyclic) bond motifs is 1. The fraction of sp³-hybridized carbons (Fsp3) is 0.333. The second kappa shape index (κ2) is 14.0. The van der Waals surface area contributed by atoms with Gasteiger partial charge in [-0.15, -0.1) is 0 Å². The average molecular weight is 507 g/mol. The van der Waals surface area contributed by atoms with Crippen LogP contribution in [-0.4, -0.2) is 60.9 Å². The Hall–Kier alpha value is -3.86. The highest BCUT2D eigenvalue weighted by Gasteiger charge is 2.27. The first-order chi connectivity index (χ1) is 17.9. The first-order valence-corrected chi connectivity index (χ1v) is 12.4. The van der Waals surface area contributed by atoms with E-state index in [2.05, 4.69) is 15.6 Å². The third kappa shape index (κ3) is 8.35. The summed E-state index contributed by atoms with van der Waals surface area (Å²) in [6, 6.07) is 17.3. The van der Waals surface area contributed by atoms with Crippen LogP contribution in [0.2, 0.25) is 0 Å². The Balaban J connectivity index is 1.69. The monoisotopic (exact) mass is 506 g/mol. The lowest BCUT2D eigenvalue weighted by Crippen LogP contribution is -2.52. The van der Waals surface area contributed by atoms with Crippen LogP contribution in [0, 0.1) is 0 Å². The lowest BCUT2D eigenvalue weighted by Gasteiger charge is -2.24. The van der Waals surface area contributed by atoms with Crippen molar-refractivity contribution < 1.29 is 19.4 Å². The largest absolute Gasteiger partial charge is 0.343 e. The van der Waals surface area contributed by atoms with E-state index in [1.807, 2.05) is 60.7 Å². The molecule has 0 aliphatic carbocycles. The van der Waals surface area contributed by atoms with Crippen molar-refractivity contribution in [1.82, 2.24) is 10.2 Å². The minimum atomic E-state index is -1.12. The molecule has 0 aliphatic rings. The number of aromatic amines is 1. The molecule has 10 heteroatoms. The van der Waals surface area contributed by atoms with Gasteiger partial charge in [-0.25, -0.2) is 4.98 Å². The Morgan fingerprint density at radius 2 is 1.59 bits per heavy atom. The zero-order valence-electron chi connectivity index (χ0n) is 20.9. The average Bonchev–Trinajstić information content (AvgIpc) is 2.91. The number of hydrogen-bond acceptors (Lipinski definition) is 6. The van der Waals surface area contributed by atoms with Crippen molar-refractivity contribution in [3.05, 3.63) is 72.4 Å². The van der Waals surface area contributed by atoms with Gasteiger partial charge >= 0.3 is 0 Å². The predicted molar refractivity (Wildman–Crippen MR) is 143 cm³/mol. The summed E-state index contributed by atoms with van der Waals surface area (Å²) < 4.78 is 0. The van der Waals surface area contributed by atoms with Gasteiger partial charge in [0.05, 0.1) is 12.5 Å². The first kappa shape index (κ1) is 27.7. The van der Waals surface area contributed by atoms with Crippen molar-refractivity contribution >= 4 is 34.3 Å². The molecule has 3 amide bonds. The van der Waals surface area contributed by atoms with E-state index < -0.39 is 18.0 Å². The SMILES string of the molecule is NCCN(CCN)C(=O)C[C@@H](N)C(=O)N[C@H](CCc1ccccc1)C(=O)Nc1c[nH+]c2ccccc2c1. The summed E-state index contributed by atoms with van der Waals surface area (Å²) in [5, 5.41) is 6.56. The molecule has 0 aliphatic heterocycles. The number of aryl methyl sites for hydroxylation is 1. The maximum absolute atomic E-state index is 13.2. The summed E-state index contributed by atoms with van der Waals surface area (Å²) in [6.45, 7) is 1.22. The minimum Gasteiger partial charge on any atom is -0.343 e. The van der Waals surface area contributed by atoms with E-state index in [9.17, 15) is 14.4 Å². The summed E-state index contributed by atoms with van der Waals surface area (Å²) in [5.74, 6) is -1.26. The molecule has 196 valence electrons. The first-order valence-electron chi connectivity index (χ1n) is 12.4. The number of rotatable bonds is 13. The Morgan fingerprint density at radius 1 is 0.919 bits per heavy atom. The molecule has 1 aromatic heterocycles. The predicted octanol–water partition coefficient (Wildman–Crippen LogP) is 0.173. The molecule has 1 heterocycles. The zero-order chi connectivity index (χ0) is 26.6. The lowest BCUT2D eigenvalue weighted by molar-refractivity contribution is -0.343. The molecule has 0 radical (unpaired) electrons. The molecular formula is C27H36N7O3+. The van der Waals surface area contributed by atoms with Crippen molar-refractivity contribution in [3.8, 4) is 0 Å². The smallest absolute Gasteiger partial charge is 0.247 e. The van der Waals surface area contributed by atoms with Gasteiger partial charge in [0.2, 0.25) is 23.2 Å². The molecular weight excluding hydrogens is 470 g/mol. The summed E-state index contributed by atoms with van der Waals surface area (Å²) in [6.07, 6.45) is 2.41. The van der Waals surface area contributed by atoms with Gasteiger partial charge in [0.25, 0.3) is 0 Å². The van der Waals surface area contributed by atoms with Crippen LogP contribution in [0.25, 0.3) is 10.9 Å². The van der Waals surface area contributed by atoms with E-state index in [-0.39, 0.29) is 31.3 Å². The number of carbonyl (C=O) groups excluding carboxylic acids is 3. The summed E-state index contributed by atoms with van der Waals surface area (Å²) >= 11 is 0. The molecule has 10 nitrogen and oxygen atoms in total. The molecule has 2 atom stereocenters. The van der Waals surface area contributed by atoms with E-state index in [1.165, 1.54) is 4.90 Å². The van der Waals surface area contributed by atoms with Crippen LogP contribution < -0.4 is 32.8 Å². The molecule has 37 heavy (non-hydrogen) atoms. The third-order valence-electron chi connectivity index (χ3n) is 6.00. The molecule has 3 rings (SSSR count). The zero-order valence-corrected chi connectivity index (χ0v) is 20.9. The van der Waals surface area contributed by atoms with Crippen molar-refractivity contribution in [2.45, 2.75) is 31.3 Å². The van der Waals surface area contributed by atoms with E-state index >= 15 is 0 Å². The number of aromatic nitrogens is 1. The number of para-hydroxylation sites is 1. The third-order valence-corrected chi connectivity index (χ3v) is 6.00. The Labute approximate surface area is 216 Å².